The number of hydrogen-bond donors (Lipinski definition) is 0. The molecule has 5 nitrogen and oxygen atoms in total. The summed E-state index contributed by atoms with van der Waals surface area (Å²) >= 11 is 4.65. The second-order valence-corrected chi connectivity index (χ2v) is 6.13. The number of amides is 3. The van der Waals surface area contributed by atoms with E-state index in [-0.39, 0.29) is 11.9 Å². The van der Waals surface area contributed by atoms with Crippen LogP contribution in [0, 0.1) is 0 Å². The maximum absolute atomic E-state index is 12.6. The molecule has 1 aliphatic rings. The molecule has 20 heavy (non-hydrogen) atoms. The Hall–Kier alpha value is -1.73. The lowest BCUT2D eigenvalue weighted by atomic mass is 10.1. The minimum Gasteiger partial charge on any atom is -0.311 e. The molecule has 2 heterocycles. The Kier molecular flexibility index (Phi) is 3.31. The third-order valence-corrected chi connectivity index (χ3v) is 4.36. The zero-order valence-electron chi connectivity index (χ0n) is 10.5. The van der Waals surface area contributed by atoms with E-state index in [0.717, 1.165) is 14.9 Å². The van der Waals surface area contributed by atoms with Crippen LogP contribution in [-0.4, -0.2) is 28.9 Å². The first-order valence-corrected chi connectivity index (χ1v) is 7.52. The van der Waals surface area contributed by atoms with Crippen LogP contribution >= 0.6 is 27.3 Å². The SMILES string of the molecule is CN1C(=O)N(c2nccs2)C(=O)[C@H]1c1cccc(Br)c1. The molecular weight excluding hydrogens is 342 g/mol. The molecule has 3 amide bonds. The van der Waals surface area contributed by atoms with Gasteiger partial charge in [0.2, 0.25) is 5.13 Å². The van der Waals surface area contributed by atoms with Crippen molar-refractivity contribution in [2.45, 2.75) is 6.04 Å². The normalized spacial score (nSPS) is 19.0. The van der Waals surface area contributed by atoms with Crippen molar-refractivity contribution < 1.29 is 9.59 Å². The molecule has 1 aliphatic heterocycles. The lowest BCUT2D eigenvalue weighted by Gasteiger charge is -2.16. The fraction of sp³-hybridized carbons (Fsp3) is 0.154. The van der Waals surface area contributed by atoms with Crippen LogP contribution in [0.3, 0.4) is 0 Å². The van der Waals surface area contributed by atoms with Crippen molar-refractivity contribution >= 4 is 44.3 Å². The van der Waals surface area contributed by atoms with Crippen LogP contribution in [-0.2, 0) is 4.79 Å². The van der Waals surface area contributed by atoms with Gasteiger partial charge < -0.3 is 4.90 Å². The molecule has 1 saturated heterocycles. The van der Waals surface area contributed by atoms with Crippen molar-refractivity contribution in [3.63, 3.8) is 0 Å². The van der Waals surface area contributed by atoms with Gasteiger partial charge >= 0.3 is 6.03 Å². The van der Waals surface area contributed by atoms with Crippen LogP contribution in [0.2, 0.25) is 0 Å². The fourth-order valence-electron chi connectivity index (χ4n) is 2.20. The van der Waals surface area contributed by atoms with E-state index in [2.05, 4.69) is 20.9 Å². The molecule has 0 N–H and O–H groups in total. The number of benzene rings is 1. The highest BCUT2D eigenvalue weighted by molar-refractivity contribution is 9.10. The summed E-state index contributed by atoms with van der Waals surface area (Å²) in [5, 5.41) is 2.15. The monoisotopic (exact) mass is 351 g/mol. The van der Waals surface area contributed by atoms with Gasteiger partial charge in [-0.3, -0.25) is 4.79 Å². The minimum absolute atomic E-state index is 0.273. The number of carbonyl (C=O) groups is 2. The molecule has 0 spiro atoms. The van der Waals surface area contributed by atoms with Gasteiger partial charge in [-0.2, -0.15) is 0 Å². The van der Waals surface area contributed by atoms with Crippen molar-refractivity contribution in [3.05, 3.63) is 45.9 Å². The summed E-state index contributed by atoms with van der Waals surface area (Å²) < 4.78 is 0.872. The number of nitrogens with zero attached hydrogens (tertiary/aromatic N) is 3. The van der Waals surface area contributed by atoms with Crippen LogP contribution in [0.15, 0.2) is 40.3 Å². The average Bonchev–Trinajstić information content (AvgIpc) is 2.99. The molecule has 102 valence electrons. The number of imide groups is 1. The Balaban J connectivity index is 2.02. The first kappa shape index (κ1) is 13.3. The van der Waals surface area contributed by atoms with E-state index >= 15 is 0 Å². The maximum atomic E-state index is 12.6. The highest BCUT2D eigenvalue weighted by Gasteiger charge is 2.45. The molecule has 1 aromatic carbocycles. The molecule has 0 unspecified atom stereocenters. The van der Waals surface area contributed by atoms with Crippen molar-refractivity contribution in [2.75, 3.05) is 11.9 Å². The highest BCUT2D eigenvalue weighted by Crippen LogP contribution is 2.34. The summed E-state index contributed by atoms with van der Waals surface area (Å²) in [7, 11) is 1.62. The predicted molar refractivity (Wildman–Crippen MR) is 79.6 cm³/mol. The van der Waals surface area contributed by atoms with E-state index < -0.39 is 6.04 Å². The molecule has 0 saturated carbocycles. The summed E-state index contributed by atoms with van der Waals surface area (Å²) in [4.78, 5) is 31.4. The number of urea groups is 1. The van der Waals surface area contributed by atoms with Crippen LogP contribution in [0.5, 0.6) is 0 Å². The number of likely N-dealkylation sites (N-methyl/N-ethyl adjacent to an activating group) is 1. The molecule has 1 fully saturated rings. The first-order chi connectivity index (χ1) is 9.59. The molecule has 1 aromatic heterocycles. The van der Waals surface area contributed by atoms with Gasteiger partial charge in [0.25, 0.3) is 5.91 Å². The molecular formula is C13H10BrN3O2S. The number of aromatic nitrogens is 1. The standard InChI is InChI=1S/C13H10BrN3O2S/c1-16-10(8-3-2-4-9(14)7-8)11(18)17(13(16)19)12-15-5-6-20-12/h2-7,10H,1H3/t10-/m1/s1. The first-order valence-electron chi connectivity index (χ1n) is 5.85. The van der Waals surface area contributed by atoms with Gasteiger partial charge in [-0.15, -0.1) is 11.3 Å². The molecule has 7 heteroatoms. The van der Waals surface area contributed by atoms with Gasteiger partial charge in [0.1, 0.15) is 6.04 Å². The van der Waals surface area contributed by atoms with Gasteiger partial charge in [-0.05, 0) is 17.7 Å². The minimum atomic E-state index is -0.608. The van der Waals surface area contributed by atoms with Crippen molar-refractivity contribution in [1.82, 2.24) is 9.88 Å². The van der Waals surface area contributed by atoms with E-state index in [9.17, 15) is 9.59 Å². The number of anilines is 1. The van der Waals surface area contributed by atoms with E-state index in [1.54, 1.807) is 18.6 Å². The van der Waals surface area contributed by atoms with Crippen molar-refractivity contribution in [2.24, 2.45) is 0 Å². The molecule has 1 atom stereocenters. The molecule has 0 aliphatic carbocycles. The van der Waals surface area contributed by atoms with Crippen molar-refractivity contribution in [3.8, 4) is 0 Å². The quantitative estimate of drug-likeness (QED) is 0.781. The van der Waals surface area contributed by atoms with E-state index in [1.807, 2.05) is 24.3 Å². The summed E-state index contributed by atoms with van der Waals surface area (Å²) in [6.07, 6.45) is 1.58. The van der Waals surface area contributed by atoms with E-state index in [1.165, 1.54) is 16.2 Å². The van der Waals surface area contributed by atoms with Gasteiger partial charge in [-0.25, -0.2) is 14.7 Å². The van der Waals surface area contributed by atoms with Crippen LogP contribution in [0.1, 0.15) is 11.6 Å². The summed E-state index contributed by atoms with van der Waals surface area (Å²) in [6, 6.07) is 6.44. The van der Waals surface area contributed by atoms with Gasteiger partial charge in [0.05, 0.1) is 0 Å². The molecule has 0 radical (unpaired) electrons. The number of thiazole rings is 1. The molecule has 3 rings (SSSR count). The van der Waals surface area contributed by atoms with Crippen molar-refractivity contribution in [1.29, 1.82) is 0 Å². The molecule has 2 aromatic rings. The Morgan fingerprint density at radius 2 is 2.15 bits per heavy atom. The maximum Gasteiger partial charge on any atom is 0.334 e. The number of hydrogen-bond acceptors (Lipinski definition) is 4. The topological polar surface area (TPSA) is 53.5 Å². The Labute approximate surface area is 128 Å². The summed E-state index contributed by atoms with van der Waals surface area (Å²) in [5.41, 5.74) is 0.777. The predicted octanol–water partition coefficient (Wildman–Crippen LogP) is 3.05. The average molecular weight is 352 g/mol. The van der Waals surface area contributed by atoms with Crippen LogP contribution in [0.4, 0.5) is 9.93 Å². The second-order valence-electron chi connectivity index (χ2n) is 4.34. The highest BCUT2D eigenvalue weighted by atomic mass is 79.9. The summed E-state index contributed by atoms with van der Waals surface area (Å²) in [6.45, 7) is 0. The number of carbonyl (C=O) groups excluding carboxylic acids is 2. The van der Waals surface area contributed by atoms with E-state index in [0.29, 0.717) is 5.13 Å². The lowest BCUT2D eigenvalue weighted by Crippen LogP contribution is -2.31. The largest absolute Gasteiger partial charge is 0.334 e. The third kappa shape index (κ3) is 2.03. The third-order valence-electron chi connectivity index (χ3n) is 3.11. The van der Waals surface area contributed by atoms with Gasteiger partial charge in [0, 0.05) is 23.1 Å². The lowest BCUT2D eigenvalue weighted by molar-refractivity contribution is -0.119. The number of halogens is 1. The zero-order chi connectivity index (χ0) is 14.3. The van der Waals surface area contributed by atoms with E-state index in [4.69, 9.17) is 0 Å². The molecule has 0 bridgehead atoms. The van der Waals surface area contributed by atoms with Gasteiger partial charge in [0.15, 0.2) is 0 Å². The Morgan fingerprint density at radius 3 is 2.80 bits per heavy atom. The Bertz CT molecular complexity index is 674. The Morgan fingerprint density at radius 1 is 1.35 bits per heavy atom. The number of rotatable bonds is 2. The van der Waals surface area contributed by atoms with Gasteiger partial charge in [-0.1, -0.05) is 28.1 Å². The smallest absolute Gasteiger partial charge is 0.311 e. The summed E-state index contributed by atoms with van der Waals surface area (Å²) in [5.74, 6) is -0.273. The fourth-order valence-corrected chi connectivity index (χ4v) is 3.25. The van der Waals surface area contributed by atoms with Crippen LogP contribution in [0.25, 0.3) is 0 Å². The zero-order valence-corrected chi connectivity index (χ0v) is 12.9. The van der Waals surface area contributed by atoms with Crippen LogP contribution < -0.4 is 4.90 Å². The second kappa shape index (κ2) is 4.99.